The van der Waals surface area contributed by atoms with Crippen molar-refractivity contribution in [1.82, 2.24) is 14.6 Å². The molecule has 0 aliphatic carbocycles. The summed E-state index contributed by atoms with van der Waals surface area (Å²) >= 11 is 1.11. The zero-order valence-corrected chi connectivity index (χ0v) is 17.6. The van der Waals surface area contributed by atoms with Crippen molar-refractivity contribution in [2.24, 2.45) is 0 Å². The van der Waals surface area contributed by atoms with Gasteiger partial charge >= 0.3 is 0 Å². The number of aromatic nitrogens is 3. The van der Waals surface area contributed by atoms with Crippen LogP contribution in [0.5, 0.6) is 11.5 Å². The lowest BCUT2D eigenvalue weighted by atomic mass is 10.1. The number of rotatable bonds is 7. The molecule has 4 rings (SSSR count). The van der Waals surface area contributed by atoms with Gasteiger partial charge in [-0.2, -0.15) is 14.6 Å². The van der Waals surface area contributed by atoms with Gasteiger partial charge in [-0.1, -0.05) is 54.3 Å². The van der Waals surface area contributed by atoms with Crippen LogP contribution in [-0.4, -0.2) is 28.3 Å². The van der Waals surface area contributed by atoms with Crippen molar-refractivity contribution < 1.29 is 9.47 Å². The Kier molecular flexibility index (Phi) is 5.90. The van der Waals surface area contributed by atoms with Crippen LogP contribution in [0.4, 0.5) is 0 Å². The number of hydrogen-bond donors (Lipinski definition) is 0. The molecule has 0 N–H and O–H groups in total. The van der Waals surface area contributed by atoms with Crippen molar-refractivity contribution in [3.63, 3.8) is 0 Å². The minimum atomic E-state index is -0.446. The van der Waals surface area contributed by atoms with Crippen molar-refractivity contribution in [2.45, 2.75) is 6.42 Å². The average Bonchev–Trinajstić information content (AvgIpc) is 3.08. The normalized spacial score (nSPS) is 11.6. The summed E-state index contributed by atoms with van der Waals surface area (Å²) in [5, 5.41) is 4.29. The van der Waals surface area contributed by atoms with Crippen LogP contribution in [-0.2, 0) is 6.42 Å². The summed E-state index contributed by atoms with van der Waals surface area (Å²) in [6.45, 7) is 4.00. The first-order chi connectivity index (χ1) is 15.1. The summed E-state index contributed by atoms with van der Waals surface area (Å²) in [4.78, 5) is 29.7. The van der Waals surface area contributed by atoms with Crippen LogP contribution in [0.15, 0.2) is 70.8 Å². The Morgan fingerprint density at radius 3 is 2.65 bits per heavy atom. The second kappa shape index (κ2) is 8.93. The molecule has 2 aromatic carbocycles. The van der Waals surface area contributed by atoms with Crippen LogP contribution < -0.4 is 25.1 Å². The molecule has 0 radical (unpaired) electrons. The zero-order valence-electron chi connectivity index (χ0n) is 16.8. The van der Waals surface area contributed by atoms with Gasteiger partial charge in [0.2, 0.25) is 4.96 Å². The van der Waals surface area contributed by atoms with E-state index in [1.54, 1.807) is 19.3 Å². The highest BCUT2D eigenvalue weighted by atomic mass is 32.1. The molecule has 0 aliphatic heterocycles. The summed E-state index contributed by atoms with van der Waals surface area (Å²) in [6.07, 6.45) is 3.64. The van der Waals surface area contributed by atoms with E-state index < -0.39 is 5.56 Å². The van der Waals surface area contributed by atoms with Gasteiger partial charge in [-0.25, -0.2) is 0 Å². The van der Waals surface area contributed by atoms with Crippen molar-refractivity contribution in [1.29, 1.82) is 0 Å². The zero-order chi connectivity index (χ0) is 21.8. The Labute approximate surface area is 181 Å². The Hall–Kier alpha value is -3.78. The predicted molar refractivity (Wildman–Crippen MR) is 120 cm³/mol. The summed E-state index contributed by atoms with van der Waals surface area (Å²) in [5.74, 6) is 1.36. The fourth-order valence-electron chi connectivity index (χ4n) is 3.01. The van der Waals surface area contributed by atoms with E-state index in [0.29, 0.717) is 16.9 Å². The molecule has 0 saturated carbocycles. The minimum Gasteiger partial charge on any atom is -0.497 e. The molecule has 2 heterocycles. The SMILES string of the molecule is C=CCOc1ccccc1/C=c1\sc2nc(=O)c(Cc3ccc(OC)cc3)nn2c1=O. The molecular formula is C23H19N3O4S. The minimum absolute atomic E-state index is 0.207. The fraction of sp³-hybridized carbons (Fsp3) is 0.130. The van der Waals surface area contributed by atoms with Gasteiger partial charge in [0.15, 0.2) is 0 Å². The molecule has 31 heavy (non-hydrogen) atoms. The maximum absolute atomic E-state index is 12.9. The Balaban J connectivity index is 1.74. The van der Waals surface area contributed by atoms with E-state index in [-0.39, 0.29) is 22.6 Å². The van der Waals surface area contributed by atoms with Gasteiger partial charge in [-0.15, -0.1) is 0 Å². The second-order valence-corrected chi connectivity index (χ2v) is 7.65. The van der Waals surface area contributed by atoms with Gasteiger partial charge in [-0.05, 0) is 29.8 Å². The first-order valence-electron chi connectivity index (χ1n) is 9.49. The quantitative estimate of drug-likeness (QED) is 0.416. The Morgan fingerprint density at radius 2 is 1.90 bits per heavy atom. The maximum atomic E-state index is 12.9. The third-order valence-electron chi connectivity index (χ3n) is 4.54. The molecule has 7 nitrogen and oxygen atoms in total. The average molecular weight is 433 g/mol. The van der Waals surface area contributed by atoms with E-state index in [1.165, 1.54) is 4.52 Å². The van der Waals surface area contributed by atoms with Crippen molar-refractivity contribution in [2.75, 3.05) is 13.7 Å². The summed E-state index contributed by atoms with van der Waals surface area (Å²) in [7, 11) is 1.59. The molecule has 4 aromatic rings. The largest absolute Gasteiger partial charge is 0.497 e. The molecule has 0 bridgehead atoms. The summed E-state index contributed by atoms with van der Waals surface area (Å²) in [5.41, 5.74) is 1.04. The van der Waals surface area contributed by atoms with Crippen LogP contribution in [0.3, 0.4) is 0 Å². The van der Waals surface area contributed by atoms with Gasteiger partial charge in [0.25, 0.3) is 11.1 Å². The highest BCUT2D eigenvalue weighted by molar-refractivity contribution is 7.15. The number of nitrogens with zero attached hydrogens (tertiary/aromatic N) is 3. The van der Waals surface area contributed by atoms with Crippen molar-refractivity contribution in [3.05, 3.63) is 103 Å². The third-order valence-corrected chi connectivity index (χ3v) is 5.50. The van der Waals surface area contributed by atoms with Gasteiger partial charge in [-0.3, -0.25) is 9.59 Å². The molecular weight excluding hydrogens is 414 g/mol. The maximum Gasteiger partial charge on any atom is 0.296 e. The molecule has 0 saturated heterocycles. The van der Waals surface area contributed by atoms with Crippen LogP contribution in [0.2, 0.25) is 0 Å². The molecule has 0 aliphatic rings. The second-order valence-electron chi connectivity index (χ2n) is 6.64. The van der Waals surface area contributed by atoms with Crippen LogP contribution in [0.25, 0.3) is 11.0 Å². The van der Waals surface area contributed by atoms with E-state index in [0.717, 1.165) is 28.2 Å². The first-order valence-corrected chi connectivity index (χ1v) is 10.3. The molecule has 0 unspecified atom stereocenters. The molecule has 0 fully saturated rings. The van der Waals surface area contributed by atoms with E-state index in [1.807, 2.05) is 48.5 Å². The number of thiazole rings is 1. The summed E-state index contributed by atoms with van der Waals surface area (Å²) < 4.78 is 12.4. The predicted octanol–water partition coefficient (Wildman–Crippen LogP) is 2.22. The third kappa shape index (κ3) is 4.39. The lowest BCUT2D eigenvalue weighted by Crippen LogP contribution is -2.28. The number of benzene rings is 2. The molecule has 0 amide bonds. The van der Waals surface area contributed by atoms with Crippen LogP contribution in [0, 0.1) is 0 Å². The number of para-hydroxylation sites is 1. The van der Waals surface area contributed by atoms with Gasteiger partial charge in [0, 0.05) is 12.0 Å². The lowest BCUT2D eigenvalue weighted by molar-refractivity contribution is 0.362. The van der Waals surface area contributed by atoms with Crippen LogP contribution >= 0.6 is 11.3 Å². The molecule has 156 valence electrons. The van der Waals surface area contributed by atoms with E-state index in [9.17, 15) is 9.59 Å². The first kappa shape index (κ1) is 20.5. The van der Waals surface area contributed by atoms with Crippen molar-refractivity contribution in [3.8, 4) is 11.5 Å². The van der Waals surface area contributed by atoms with E-state index >= 15 is 0 Å². The fourth-order valence-corrected chi connectivity index (χ4v) is 3.90. The standard InChI is InChI=1S/C23H19N3O4S/c1-3-12-30-19-7-5-4-6-16(19)14-20-22(28)26-23(31-20)24-21(27)18(25-26)13-15-8-10-17(29-2)11-9-15/h3-11,14H,1,12-13H2,2H3/b20-14-. The lowest BCUT2D eigenvalue weighted by Gasteiger charge is -2.05. The number of fused-ring (bicyclic) bond motifs is 1. The van der Waals surface area contributed by atoms with Gasteiger partial charge < -0.3 is 9.47 Å². The monoisotopic (exact) mass is 433 g/mol. The highest BCUT2D eigenvalue weighted by Crippen LogP contribution is 2.18. The molecule has 0 atom stereocenters. The van der Waals surface area contributed by atoms with Crippen molar-refractivity contribution >= 4 is 22.4 Å². The van der Waals surface area contributed by atoms with Gasteiger partial charge in [0.05, 0.1) is 11.6 Å². The van der Waals surface area contributed by atoms with E-state index in [2.05, 4.69) is 16.7 Å². The van der Waals surface area contributed by atoms with Gasteiger partial charge in [0.1, 0.15) is 23.8 Å². The Bertz CT molecular complexity index is 1410. The smallest absolute Gasteiger partial charge is 0.296 e. The topological polar surface area (TPSA) is 82.8 Å². The van der Waals surface area contributed by atoms with Crippen LogP contribution in [0.1, 0.15) is 16.8 Å². The highest BCUT2D eigenvalue weighted by Gasteiger charge is 2.12. The molecule has 2 aromatic heterocycles. The molecule has 8 heteroatoms. The Morgan fingerprint density at radius 1 is 1.13 bits per heavy atom. The van der Waals surface area contributed by atoms with E-state index in [4.69, 9.17) is 9.47 Å². The molecule has 0 spiro atoms. The number of hydrogen-bond acceptors (Lipinski definition) is 7. The summed E-state index contributed by atoms with van der Waals surface area (Å²) in [6, 6.07) is 14.7. The number of ether oxygens (including phenoxy) is 2. The number of methoxy groups -OCH3 is 1.